The fraction of sp³-hybridized carbons (Fsp3) is 0.286. The molecule has 14 heavy (non-hydrogen) atoms. The van der Waals surface area contributed by atoms with Gasteiger partial charge in [0.25, 0.3) is 0 Å². The summed E-state index contributed by atoms with van der Waals surface area (Å²) in [6.07, 6.45) is 1.70. The van der Waals surface area contributed by atoms with Crippen molar-refractivity contribution in [2.24, 2.45) is 0 Å². The molecule has 1 rings (SSSR count). The minimum atomic E-state index is -1.67. The number of ether oxygens (including phenoxy) is 1. The Morgan fingerprint density at radius 1 is 1.50 bits per heavy atom. The molecule has 0 bridgehead atoms. The van der Waals surface area contributed by atoms with Gasteiger partial charge in [-0.25, -0.2) is 9.19 Å². The van der Waals surface area contributed by atoms with Gasteiger partial charge in [-0.2, -0.15) is 0 Å². The summed E-state index contributed by atoms with van der Waals surface area (Å²) in [6.45, 7) is 0. The maximum absolute atomic E-state index is 9.09. The van der Waals surface area contributed by atoms with Crippen LogP contribution in [0.25, 0.3) is 0 Å². The maximum Gasteiger partial charge on any atom is 0.212 e. The average Bonchev–Trinajstić information content (AvgIpc) is 2.17. The molecule has 3 nitrogen and oxygen atoms in total. The molecule has 0 spiro atoms. The number of nitrogens with zero attached hydrogens (tertiary/aromatic N) is 1. The third-order valence-electron chi connectivity index (χ3n) is 1.16. The number of rotatable bonds is 2. The number of halogens is 3. The summed E-state index contributed by atoms with van der Waals surface area (Å²) in [4.78, 5) is 3.96. The van der Waals surface area contributed by atoms with Crippen LogP contribution in [0.2, 0.25) is 0 Å². The molecule has 0 aliphatic carbocycles. The Morgan fingerprint density at radius 2 is 2.07 bits per heavy atom. The molecule has 0 fully saturated rings. The summed E-state index contributed by atoms with van der Waals surface area (Å²) in [7, 11) is 8.94. The lowest BCUT2D eigenvalue weighted by molar-refractivity contribution is 0.397. The van der Waals surface area contributed by atoms with Crippen LogP contribution in [0.1, 0.15) is 5.56 Å². The first-order valence-corrected chi connectivity index (χ1v) is 6.73. The van der Waals surface area contributed by atoms with Crippen molar-refractivity contribution in [3.63, 3.8) is 0 Å². The lowest BCUT2D eigenvalue weighted by Gasteiger charge is -1.97. The molecule has 1 aromatic rings. The van der Waals surface area contributed by atoms with Crippen molar-refractivity contribution in [3.8, 4) is 5.88 Å². The van der Waals surface area contributed by atoms with Crippen molar-refractivity contribution in [1.82, 2.24) is 4.98 Å². The molecule has 0 aliphatic rings. The summed E-state index contributed by atoms with van der Waals surface area (Å²) in [5.74, 6) is 1.12. The largest absolute Gasteiger partial charge is 0.481 e. The number of aromatic nitrogens is 1. The van der Waals surface area contributed by atoms with Gasteiger partial charge in [0.05, 0.1) is 7.11 Å². The number of pyridine rings is 1. The van der Waals surface area contributed by atoms with E-state index in [0.717, 1.165) is 5.56 Å². The van der Waals surface area contributed by atoms with Gasteiger partial charge in [0.15, 0.2) is 0 Å². The maximum atomic E-state index is 9.09. The zero-order chi connectivity index (χ0) is 11.0. The first-order valence-electron chi connectivity index (χ1n) is 3.39. The molecule has 80 valence electrons. The van der Waals surface area contributed by atoms with Crippen LogP contribution < -0.4 is 4.74 Å². The second kappa shape index (κ2) is 8.29. The number of hydrogen-bond acceptors (Lipinski definition) is 3. The minimum Gasteiger partial charge on any atom is -0.481 e. The lowest BCUT2D eigenvalue weighted by atomic mass is 10.3. The Hall–Kier alpha value is -0.0300. The van der Waals surface area contributed by atoms with Gasteiger partial charge < -0.3 is 4.74 Å². The van der Waals surface area contributed by atoms with Gasteiger partial charge in [-0.1, -0.05) is 6.07 Å². The van der Waals surface area contributed by atoms with Crippen molar-refractivity contribution in [2.45, 2.75) is 5.88 Å². The summed E-state index contributed by atoms with van der Waals surface area (Å²) < 4.78 is 13.9. The first-order chi connectivity index (χ1) is 6.60. The summed E-state index contributed by atoms with van der Waals surface area (Å²) in [5.41, 5.74) is 1.00. The Kier molecular flexibility index (Phi) is 8.27. The summed E-state index contributed by atoms with van der Waals surface area (Å²) in [5, 5.41) is 0. The van der Waals surface area contributed by atoms with E-state index in [1.54, 1.807) is 19.4 Å². The van der Waals surface area contributed by atoms with Crippen LogP contribution in [0.5, 0.6) is 5.88 Å². The molecule has 0 aromatic carbocycles. The normalized spacial score (nSPS) is 9.21. The van der Waals surface area contributed by atoms with Crippen LogP contribution in [0.3, 0.4) is 0 Å². The Morgan fingerprint density at radius 3 is 2.36 bits per heavy atom. The van der Waals surface area contributed by atoms with E-state index in [1.807, 2.05) is 6.07 Å². The highest BCUT2D eigenvalue weighted by molar-refractivity contribution is 8.26. The van der Waals surface area contributed by atoms with Crippen LogP contribution >= 0.6 is 33.0 Å². The third kappa shape index (κ3) is 7.38. The highest BCUT2D eigenvalue weighted by Crippen LogP contribution is 2.07. The highest BCUT2D eigenvalue weighted by atomic mass is 36.0. The predicted octanol–water partition coefficient (Wildman–Crippen LogP) is 2.87. The molecule has 1 heterocycles. The third-order valence-corrected chi connectivity index (χ3v) is 1.47. The standard InChI is InChI=1S/C7H8ClNO.Cl2OS/c1-10-7-3-2-6(4-8)5-9-7;1-4(2)3/h2-3,5H,4H2,1H3;. The van der Waals surface area contributed by atoms with Crippen LogP contribution in [0, 0.1) is 0 Å². The van der Waals surface area contributed by atoms with E-state index in [4.69, 9.17) is 20.5 Å². The van der Waals surface area contributed by atoms with Crippen molar-refractivity contribution in [2.75, 3.05) is 7.11 Å². The van der Waals surface area contributed by atoms with Crippen molar-refractivity contribution >= 4 is 42.2 Å². The van der Waals surface area contributed by atoms with E-state index >= 15 is 0 Å². The zero-order valence-corrected chi connectivity index (χ0v) is 10.3. The van der Waals surface area contributed by atoms with Gasteiger partial charge in [0.1, 0.15) is 0 Å². The highest BCUT2D eigenvalue weighted by Gasteiger charge is 1.91. The Labute approximate surface area is 98.8 Å². The second-order valence-corrected chi connectivity index (χ2v) is 4.82. The number of hydrogen-bond donors (Lipinski definition) is 0. The topological polar surface area (TPSA) is 39.2 Å². The first kappa shape index (κ1) is 14.0. The van der Waals surface area contributed by atoms with E-state index in [9.17, 15) is 0 Å². The molecule has 0 amide bonds. The van der Waals surface area contributed by atoms with E-state index < -0.39 is 9.23 Å². The van der Waals surface area contributed by atoms with Crippen LogP contribution in [-0.4, -0.2) is 16.3 Å². The van der Waals surface area contributed by atoms with E-state index in [1.165, 1.54) is 0 Å². The molecule has 7 heteroatoms. The minimum absolute atomic E-state index is 0.497. The van der Waals surface area contributed by atoms with Gasteiger partial charge in [0.2, 0.25) is 15.1 Å². The number of alkyl halides is 1. The monoisotopic (exact) mass is 275 g/mol. The molecular weight excluding hydrogens is 269 g/mol. The van der Waals surface area contributed by atoms with Crippen LogP contribution in [0.15, 0.2) is 18.3 Å². The molecular formula is C7H8Cl3NO2S. The lowest BCUT2D eigenvalue weighted by Crippen LogP contribution is -1.87. The van der Waals surface area contributed by atoms with Gasteiger partial charge in [-0.05, 0) is 5.56 Å². The van der Waals surface area contributed by atoms with Crippen molar-refractivity contribution in [3.05, 3.63) is 23.9 Å². The Balaban J connectivity index is 0.000000364. The van der Waals surface area contributed by atoms with E-state index in [0.29, 0.717) is 11.8 Å². The molecule has 1 aromatic heterocycles. The number of methoxy groups -OCH3 is 1. The zero-order valence-electron chi connectivity index (χ0n) is 7.25. The van der Waals surface area contributed by atoms with Crippen LogP contribution in [-0.2, 0) is 15.1 Å². The fourth-order valence-corrected chi connectivity index (χ4v) is 0.769. The molecule has 0 saturated heterocycles. The molecule has 0 aliphatic heterocycles. The van der Waals surface area contributed by atoms with Gasteiger partial charge >= 0.3 is 0 Å². The van der Waals surface area contributed by atoms with Gasteiger partial charge in [-0.3, -0.25) is 0 Å². The molecule has 0 unspecified atom stereocenters. The van der Waals surface area contributed by atoms with Crippen LogP contribution in [0.4, 0.5) is 0 Å². The quantitative estimate of drug-likeness (QED) is 0.616. The van der Waals surface area contributed by atoms with Crippen molar-refractivity contribution < 1.29 is 8.95 Å². The SMILES string of the molecule is COc1ccc(CCl)cn1.O=S(Cl)Cl. The Bertz CT molecular complexity index is 254. The average molecular weight is 277 g/mol. The smallest absolute Gasteiger partial charge is 0.212 e. The van der Waals surface area contributed by atoms with Gasteiger partial charge in [-0.15, -0.1) is 11.6 Å². The predicted molar refractivity (Wildman–Crippen MR) is 60.2 cm³/mol. The van der Waals surface area contributed by atoms with Crippen molar-refractivity contribution in [1.29, 1.82) is 0 Å². The van der Waals surface area contributed by atoms with E-state index in [2.05, 4.69) is 26.3 Å². The fourth-order valence-electron chi connectivity index (χ4n) is 0.611. The molecule has 0 atom stereocenters. The molecule has 0 saturated carbocycles. The summed E-state index contributed by atoms with van der Waals surface area (Å²) in [6, 6.07) is 3.68. The van der Waals surface area contributed by atoms with E-state index in [-0.39, 0.29) is 0 Å². The second-order valence-electron chi connectivity index (χ2n) is 2.03. The van der Waals surface area contributed by atoms with Gasteiger partial charge in [0, 0.05) is 39.5 Å². The summed E-state index contributed by atoms with van der Waals surface area (Å²) >= 11 is 5.54. The molecule has 0 N–H and O–H groups in total. The molecule has 0 radical (unpaired) electrons.